The fraction of sp³-hybridized carbons (Fsp3) is 0.333. The topological polar surface area (TPSA) is 4.93 Å². The van der Waals surface area contributed by atoms with Crippen LogP contribution in [0.5, 0.6) is 0 Å². The average molecular weight is 211 g/mol. The minimum Gasteiger partial charge on any atom is -0.344 e. The molecule has 3 rings (SSSR count). The molecule has 0 aliphatic heterocycles. The highest BCUT2D eigenvalue weighted by molar-refractivity contribution is 5.84. The van der Waals surface area contributed by atoms with Crippen LogP contribution in [0, 0.1) is 0 Å². The molecule has 16 heavy (non-hydrogen) atoms. The largest absolute Gasteiger partial charge is 0.344 e. The Balaban J connectivity index is 2.12. The fourth-order valence-corrected chi connectivity index (χ4v) is 2.62. The van der Waals surface area contributed by atoms with E-state index in [1.807, 2.05) is 6.08 Å². The molecule has 1 heterocycles. The van der Waals surface area contributed by atoms with E-state index in [0.29, 0.717) is 0 Å². The van der Waals surface area contributed by atoms with Gasteiger partial charge in [0.1, 0.15) is 0 Å². The first-order valence-corrected chi connectivity index (χ1v) is 6.09. The molecule has 0 unspecified atom stereocenters. The molecule has 1 aromatic heterocycles. The highest BCUT2D eigenvalue weighted by Gasteiger charge is 2.21. The summed E-state index contributed by atoms with van der Waals surface area (Å²) in [5, 5.41) is 1.44. The van der Waals surface area contributed by atoms with E-state index < -0.39 is 0 Å². The quantitative estimate of drug-likeness (QED) is 0.674. The Morgan fingerprint density at radius 3 is 2.88 bits per heavy atom. The van der Waals surface area contributed by atoms with Crippen molar-refractivity contribution in [1.82, 2.24) is 4.57 Å². The smallest absolute Gasteiger partial charge is 0.0486 e. The lowest BCUT2D eigenvalue weighted by molar-refractivity contribution is 0.422. The maximum atomic E-state index is 3.81. The van der Waals surface area contributed by atoms with Gasteiger partial charge in [0.2, 0.25) is 0 Å². The normalized spacial score (nSPS) is 16.2. The van der Waals surface area contributed by atoms with Crippen molar-refractivity contribution in [1.29, 1.82) is 0 Å². The molecule has 0 radical (unpaired) electrons. The summed E-state index contributed by atoms with van der Waals surface area (Å²) in [7, 11) is 0. The standard InChI is InChI=1S/C15H17N/c1-2-10-16-11-9-14-13(12-5-3-6-12)7-4-8-15(14)16/h2,4,7-9,11-12H,1,3,5-6,10H2. The zero-order chi connectivity index (χ0) is 11.0. The van der Waals surface area contributed by atoms with Crippen molar-refractivity contribution < 1.29 is 0 Å². The van der Waals surface area contributed by atoms with E-state index in [0.717, 1.165) is 12.5 Å². The average Bonchev–Trinajstić information content (AvgIpc) is 2.61. The molecule has 82 valence electrons. The van der Waals surface area contributed by atoms with Crippen LogP contribution >= 0.6 is 0 Å². The molecule has 1 aliphatic rings. The van der Waals surface area contributed by atoms with Gasteiger partial charge in [-0.15, -0.1) is 6.58 Å². The van der Waals surface area contributed by atoms with Gasteiger partial charge in [0.15, 0.2) is 0 Å². The van der Waals surface area contributed by atoms with Gasteiger partial charge >= 0.3 is 0 Å². The van der Waals surface area contributed by atoms with Crippen LogP contribution < -0.4 is 0 Å². The summed E-state index contributed by atoms with van der Waals surface area (Å²) < 4.78 is 2.27. The van der Waals surface area contributed by atoms with Crippen LogP contribution in [-0.2, 0) is 6.54 Å². The number of hydrogen-bond acceptors (Lipinski definition) is 0. The van der Waals surface area contributed by atoms with Crippen LogP contribution in [0.3, 0.4) is 0 Å². The molecule has 0 atom stereocenters. The maximum Gasteiger partial charge on any atom is 0.0486 e. The highest BCUT2D eigenvalue weighted by atomic mass is 14.9. The Bertz CT molecular complexity index is 517. The second kappa shape index (κ2) is 3.82. The molecule has 0 N–H and O–H groups in total. The van der Waals surface area contributed by atoms with Gasteiger partial charge in [-0.1, -0.05) is 24.6 Å². The van der Waals surface area contributed by atoms with Crippen LogP contribution in [-0.4, -0.2) is 4.57 Å². The van der Waals surface area contributed by atoms with Crippen LogP contribution in [0.25, 0.3) is 10.9 Å². The number of nitrogens with zero attached hydrogens (tertiary/aromatic N) is 1. The van der Waals surface area contributed by atoms with Gasteiger partial charge in [0.25, 0.3) is 0 Å². The zero-order valence-electron chi connectivity index (χ0n) is 9.52. The first-order valence-electron chi connectivity index (χ1n) is 6.09. The summed E-state index contributed by atoms with van der Waals surface area (Å²) in [6.45, 7) is 4.71. The third kappa shape index (κ3) is 1.39. The summed E-state index contributed by atoms with van der Waals surface area (Å²) in [4.78, 5) is 0. The van der Waals surface area contributed by atoms with Crippen molar-refractivity contribution in [2.75, 3.05) is 0 Å². The van der Waals surface area contributed by atoms with Gasteiger partial charge in [0, 0.05) is 23.6 Å². The fourth-order valence-electron chi connectivity index (χ4n) is 2.62. The van der Waals surface area contributed by atoms with Gasteiger partial charge < -0.3 is 4.57 Å². The summed E-state index contributed by atoms with van der Waals surface area (Å²) in [5.41, 5.74) is 2.90. The number of fused-ring (bicyclic) bond motifs is 1. The van der Waals surface area contributed by atoms with Crippen molar-refractivity contribution in [3.05, 3.63) is 48.7 Å². The molecule has 0 saturated heterocycles. The third-order valence-electron chi connectivity index (χ3n) is 3.72. The predicted octanol–water partition coefficient (Wildman–Crippen LogP) is 4.09. The van der Waals surface area contributed by atoms with Gasteiger partial charge in [-0.05, 0) is 36.5 Å². The summed E-state index contributed by atoms with van der Waals surface area (Å²) in [6.07, 6.45) is 8.26. The second-order valence-corrected chi connectivity index (χ2v) is 4.66. The molecular formula is C15H17N. The lowest BCUT2D eigenvalue weighted by Gasteiger charge is -2.26. The Morgan fingerprint density at radius 1 is 1.31 bits per heavy atom. The van der Waals surface area contributed by atoms with Gasteiger partial charge in [-0.3, -0.25) is 0 Å². The predicted molar refractivity (Wildman–Crippen MR) is 68.7 cm³/mol. The van der Waals surface area contributed by atoms with Gasteiger partial charge in [0.05, 0.1) is 0 Å². The second-order valence-electron chi connectivity index (χ2n) is 4.66. The SMILES string of the molecule is C=CCn1ccc2c(C3CCC3)cccc21. The Morgan fingerprint density at radius 2 is 2.19 bits per heavy atom. The molecule has 2 aromatic rings. The number of aromatic nitrogens is 1. The summed E-state index contributed by atoms with van der Waals surface area (Å²) >= 11 is 0. The molecule has 0 spiro atoms. The van der Waals surface area contributed by atoms with Crippen LogP contribution in [0.2, 0.25) is 0 Å². The molecule has 1 aliphatic carbocycles. The van der Waals surface area contributed by atoms with Crippen molar-refractivity contribution in [2.45, 2.75) is 31.7 Å². The first kappa shape index (κ1) is 9.71. The van der Waals surface area contributed by atoms with Gasteiger partial charge in [-0.25, -0.2) is 0 Å². The molecule has 1 fully saturated rings. The van der Waals surface area contributed by atoms with E-state index >= 15 is 0 Å². The van der Waals surface area contributed by atoms with E-state index in [2.05, 4.69) is 41.6 Å². The Kier molecular flexibility index (Phi) is 2.32. The molecule has 0 bridgehead atoms. The Labute approximate surface area is 96.4 Å². The highest BCUT2D eigenvalue weighted by Crippen LogP contribution is 2.39. The minimum absolute atomic E-state index is 0.809. The number of benzene rings is 1. The van der Waals surface area contributed by atoms with E-state index in [9.17, 15) is 0 Å². The minimum atomic E-state index is 0.809. The molecule has 1 heteroatoms. The number of hydrogen-bond donors (Lipinski definition) is 0. The summed E-state index contributed by atoms with van der Waals surface area (Å²) in [5.74, 6) is 0.809. The Hall–Kier alpha value is -1.50. The van der Waals surface area contributed by atoms with Crippen LogP contribution in [0.4, 0.5) is 0 Å². The van der Waals surface area contributed by atoms with Crippen molar-refractivity contribution in [3.63, 3.8) is 0 Å². The van der Waals surface area contributed by atoms with Crippen LogP contribution in [0.15, 0.2) is 43.1 Å². The van der Waals surface area contributed by atoms with E-state index in [1.165, 1.54) is 30.2 Å². The van der Waals surface area contributed by atoms with Gasteiger partial charge in [-0.2, -0.15) is 0 Å². The zero-order valence-corrected chi connectivity index (χ0v) is 9.52. The molecule has 1 nitrogen and oxygen atoms in total. The molecule has 1 saturated carbocycles. The van der Waals surface area contributed by atoms with Crippen molar-refractivity contribution in [2.24, 2.45) is 0 Å². The first-order chi connectivity index (χ1) is 7.90. The third-order valence-corrected chi connectivity index (χ3v) is 3.72. The lowest BCUT2D eigenvalue weighted by Crippen LogP contribution is -2.08. The summed E-state index contributed by atoms with van der Waals surface area (Å²) in [6, 6.07) is 8.95. The maximum absolute atomic E-state index is 3.81. The molecule has 0 amide bonds. The number of rotatable bonds is 3. The monoisotopic (exact) mass is 211 g/mol. The number of allylic oxidation sites excluding steroid dienone is 1. The van der Waals surface area contributed by atoms with Crippen molar-refractivity contribution >= 4 is 10.9 Å². The van der Waals surface area contributed by atoms with E-state index in [4.69, 9.17) is 0 Å². The molecule has 1 aromatic carbocycles. The molecular weight excluding hydrogens is 194 g/mol. The van der Waals surface area contributed by atoms with Crippen LogP contribution in [0.1, 0.15) is 30.7 Å². The van der Waals surface area contributed by atoms with Crippen molar-refractivity contribution in [3.8, 4) is 0 Å². The lowest BCUT2D eigenvalue weighted by atomic mass is 9.79. The van der Waals surface area contributed by atoms with E-state index in [1.54, 1.807) is 5.56 Å². The van der Waals surface area contributed by atoms with E-state index in [-0.39, 0.29) is 0 Å².